The van der Waals surface area contributed by atoms with Gasteiger partial charge in [0.25, 0.3) is 5.69 Å². The zero-order chi connectivity index (χ0) is 21.3. The van der Waals surface area contributed by atoms with Crippen molar-refractivity contribution < 1.29 is 14.3 Å². The van der Waals surface area contributed by atoms with Gasteiger partial charge < -0.3 is 0 Å². The Morgan fingerprint density at radius 3 is 2.40 bits per heavy atom. The molecule has 4 aromatic rings. The van der Waals surface area contributed by atoms with Crippen LogP contribution in [-0.2, 0) is 13.1 Å². The molecule has 2 N–H and O–H groups in total. The van der Waals surface area contributed by atoms with Crippen LogP contribution in [0.2, 0.25) is 0 Å². The number of para-hydroxylation sites is 2. The maximum absolute atomic E-state index is 12.9. The molecular formula is C23H21N4O3+. The minimum absolute atomic E-state index is 0.0466. The first-order chi connectivity index (χ1) is 14.5. The van der Waals surface area contributed by atoms with E-state index in [1.165, 1.54) is 29.8 Å². The van der Waals surface area contributed by atoms with Crippen LogP contribution in [0, 0.1) is 17.0 Å². The fraction of sp³-hybridized carbons (Fsp3) is 0.130. The maximum Gasteiger partial charge on any atom is 0.356 e. The Balaban J connectivity index is 1.71. The van der Waals surface area contributed by atoms with Crippen LogP contribution >= 0.6 is 0 Å². The number of carbonyl (C=O) groups excluding carboxylic acids is 1. The molecule has 0 saturated heterocycles. The fourth-order valence-electron chi connectivity index (χ4n) is 3.61. The monoisotopic (exact) mass is 401 g/mol. The number of carbonyl (C=O) groups is 1. The second kappa shape index (κ2) is 7.79. The number of benzene rings is 3. The third-order valence-corrected chi connectivity index (χ3v) is 5.31. The molecule has 7 nitrogen and oxygen atoms in total. The molecule has 0 aliphatic heterocycles. The average Bonchev–Trinajstić information content (AvgIpc) is 3.01. The number of anilines is 1. The van der Waals surface area contributed by atoms with Crippen LogP contribution in [0.4, 0.5) is 11.6 Å². The molecule has 3 aromatic carbocycles. The maximum atomic E-state index is 12.9. The molecular weight excluding hydrogens is 380 g/mol. The highest BCUT2D eigenvalue weighted by molar-refractivity contribution is 5.97. The minimum atomic E-state index is -0.486. The van der Waals surface area contributed by atoms with Crippen LogP contribution < -0.4 is 10.3 Å². The quantitative estimate of drug-likeness (QED) is 0.231. The number of ketones is 1. The SMILES string of the molecule is Cc1ccccc1C[n+]1c(N)n(CC(=O)c2ccc([N+](=O)[O-])cc2)c2ccccc21. The Kier molecular flexibility index (Phi) is 5.02. The van der Waals surface area contributed by atoms with Crippen molar-refractivity contribution in [1.29, 1.82) is 0 Å². The van der Waals surface area contributed by atoms with Crippen LogP contribution in [-0.4, -0.2) is 15.3 Å². The molecule has 0 unspecified atom stereocenters. The molecule has 0 saturated carbocycles. The molecule has 1 heterocycles. The van der Waals surface area contributed by atoms with Gasteiger partial charge in [0.2, 0.25) is 0 Å². The summed E-state index contributed by atoms with van der Waals surface area (Å²) in [4.78, 5) is 23.2. The normalized spacial score (nSPS) is 11.0. The van der Waals surface area contributed by atoms with Crippen LogP contribution in [0.25, 0.3) is 11.0 Å². The molecule has 0 radical (unpaired) electrons. The summed E-state index contributed by atoms with van der Waals surface area (Å²) in [5, 5.41) is 10.8. The molecule has 0 spiro atoms. The second-order valence-corrected chi connectivity index (χ2v) is 7.17. The zero-order valence-electron chi connectivity index (χ0n) is 16.5. The van der Waals surface area contributed by atoms with Gasteiger partial charge in [0, 0.05) is 17.7 Å². The summed E-state index contributed by atoms with van der Waals surface area (Å²) in [7, 11) is 0. The summed E-state index contributed by atoms with van der Waals surface area (Å²) in [6.07, 6.45) is 0. The van der Waals surface area contributed by atoms with E-state index in [1.54, 1.807) is 4.57 Å². The van der Waals surface area contributed by atoms with E-state index in [1.807, 2.05) is 41.0 Å². The third kappa shape index (κ3) is 3.53. The Morgan fingerprint density at radius 2 is 1.70 bits per heavy atom. The molecule has 0 aliphatic carbocycles. The highest BCUT2D eigenvalue weighted by Crippen LogP contribution is 2.19. The van der Waals surface area contributed by atoms with E-state index in [4.69, 9.17) is 5.73 Å². The topological polar surface area (TPSA) is 95.0 Å². The summed E-state index contributed by atoms with van der Waals surface area (Å²) in [5.74, 6) is 0.315. The van der Waals surface area contributed by atoms with Crippen LogP contribution in [0.3, 0.4) is 0 Å². The number of rotatable bonds is 6. The molecule has 0 amide bonds. The first kappa shape index (κ1) is 19.3. The summed E-state index contributed by atoms with van der Waals surface area (Å²) >= 11 is 0. The molecule has 4 rings (SSSR count). The van der Waals surface area contributed by atoms with E-state index >= 15 is 0 Å². The number of nitrogen functional groups attached to an aromatic ring is 1. The smallest absolute Gasteiger partial charge is 0.291 e. The molecule has 0 atom stereocenters. The number of Topliss-reactive ketones (excluding diaryl/α,β-unsaturated/α-hetero) is 1. The number of imidazole rings is 1. The van der Waals surface area contributed by atoms with Gasteiger partial charge in [0.1, 0.15) is 17.6 Å². The Labute approximate surface area is 173 Å². The molecule has 0 aliphatic rings. The van der Waals surface area contributed by atoms with E-state index < -0.39 is 4.92 Å². The Morgan fingerprint density at radius 1 is 1.03 bits per heavy atom. The van der Waals surface area contributed by atoms with Crippen molar-refractivity contribution in [3.05, 3.63) is 99.6 Å². The summed E-state index contributed by atoms with van der Waals surface area (Å²) < 4.78 is 3.79. The fourth-order valence-corrected chi connectivity index (χ4v) is 3.61. The van der Waals surface area contributed by atoms with Crippen molar-refractivity contribution in [1.82, 2.24) is 4.57 Å². The number of hydrogen-bond acceptors (Lipinski definition) is 4. The first-order valence-electron chi connectivity index (χ1n) is 9.54. The van der Waals surface area contributed by atoms with Gasteiger partial charge in [0.05, 0.1) is 11.5 Å². The van der Waals surface area contributed by atoms with Crippen molar-refractivity contribution in [3.63, 3.8) is 0 Å². The lowest BCUT2D eigenvalue weighted by molar-refractivity contribution is -0.648. The van der Waals surface area contributed by atoms with Gasteiger partial charge in [-0.15, -0.1) is 0 Å². The van der Waals surface area contributed by atoms with Gasteiger partial charge in [0.15, 0.2) is 5.78 Å². The van der Waals surface area contributed by atoms with Gasteiger partial charge in [-0.3, -0.25) is 20.6 Å². The van der Waals surface area contributed by atoms with Crippen LogP contribution in [0.5, 0.6) is 0 Å². The third-order valence-electron chi connectivity index (χ3n) is 5.31. The number of aryl methyl sites for hydroxylation is 1. The predicted octanol–water partition coefficient (Wildman–Crippen LogP) is 3.66. The predicted molar refractivity (Wildman–Crippen MR) is 114 cm³/mol. The van der Waals surface area contributed by atoms with Gasteiger partial charge in [-0.25, -0.2) is 9.13 Å². The summed E-state index contributed by atoms with van der Waals surface area (Å²) in [6.45, 7) is 2.70. The van der Waals surface area contributed by atoms with Gasteiger partial charge in [-0.05, 0) is 42.3 Å². The lowest BCUT2D eigenvalue weighted by Crippen LogP contribution is -2.37. The highest BCUT2D eigenvalue weighted by Gasteiger charge is 2.23. The number of nitro groups is 1. The number of nitrogens with zero attached hydrogens (tertiary/aromatic N) is 3. The average molecular weight is 401 g/mol. The molecule has 1 aromatic heterocycles. The lowest BCUT2D eigenvalue weighted by atomic mass is 10.1. The number of aromatic nitrogens is 2. The standard InChI is InChI=1S/C23H20N4O3/c1-16-6-2-3-7-18(16)14-25-20-8-4-5-9-21(20)26(23(25)24)15-22(28)17-10-12-19(13-11-17)27(29)30/h2-13,24H,14-15H2,1H3/p+1. The van der Waals surface area contributed by atoms with E-state index in [-0.39, 0.29) is 18.0 Å². The highest BCUT2D eigenvalue weighted by atomic mass is 16.6. The van der Waals surface area contributed by atoms with E-state index in [9.17, 15) is 14.9 Å². The lowest BCUT2D eigenvalue weighted by Gasteiger charge is -2.06. The van der Waals surface area contributed by atoms with Crippen LogP contribution in [0.15, 0.2) is 72.8 Å². The van der Waals surface area contributed by atoms with E-state index in [2.05, 4.69) is 19.1 Å². The largest absolute Gasteiger partial charge is 0.356 e. The molecule has 150 valence electrons. The molecule has 0 fully saturated rings. The number of non-ortho nitro benzene ring substituents is 1. The van der Waals surface area contributed by atoms with E-state index in [0.29, 0.717) is 18.1 Å². The summed E-state index contributed by atoms with van der Waals surface area (Å²) in [5.41, 5.74) is 11.0. The zero-order valence-corrected chi connectivity index (χ0v) is 16.5. The van der Waals surface area contributed by atoms with Gasteiger partial charge in [-0.1, -0.05) is 36.4 Å². The number of fused-ring (bicyclic) bond motifs is 1. The molecule has 0 bridgehead atoms. The number of nitrogens with two attached hydrogens (primary N) is 1. The number of hydrogen-bond donors (Lipinski definition) is 1. The number of nitro benzene ring substituents is 1. The Hall–Kier alpha value is -4.00. The van der Waals surface area contributed by atoms with Gasteiger partial charge in [-0.2, -0.15) is 0 Å². The molecule has 7 heteroatoms. The van der Waals surface area contributed by atoms with E-state index in [0.717, 1.165) is 16.6 Å². The van der Waals surface area contributed by atoms with Gasteiger partial charge >= 0.3 is 5.95 Å². The van der Waals surface area contributed by atoms with Crippen molar-refractivity contribution in [3.8, 4) is 0 Å². The summed E-state index contributed by atoms with van der Waals surface area (Å²) in [6, 6.07) is 21.5. The first-order valence-corrected chi connectivity index (χ1v) is 9.54. The van der Waals surface area contributed by atoms with Crippen molar-refractivity contribution in [2.24, 2.45) is 0 Å². The van der Waals surface area contributed by atoms with Crippen LogP contribution in [0.1, 0.15) is 21.5 Å². The van der Waals surface area contributed by atoms with Crippen molar-refractivity contribution >= 4 is 28.5 Å². The van der Waals surface area contributed by atoms with Crippen molar-refractivity contribution in [2.45, 2.75) is 20.0 Å². The second-order valence-electron chi connectivity index (χ2n) is 7.17. The minimum Gasteiger partial charge on any atom is -0.291 e. The Bertz CT molecular complexity index is 1260. The molecule has 30 heavy (non-hydrogen) atoms. The van der Waals surface area contributed by atoms with Crippen molar-refractivity contribution in [2.75, 3.05) is 5.73 Å².